The Balaban J connectivity index is 0. The van der Waals surface area contributed by atoms with Crippen molar-refractivity contribution in [3.05, 3.63) is 0 Å². The Labute approximate surface area is 181 Å². The Morgan fingerprint density at radius 2 is 0.864 bits per heavy atom. The first-order valence-electron chi connectivity index (χ1n) is 9.00. The maximum absolute atomic E-state index is 10.4. The Hall–Kier alpha value is 1.55. The van der Waals surface area contributed by atoms with Gasteiger partial charge in [-0.15, -0.1) is 0 Å². The van der Waals surface area contributed by atoms with Crippen molar-refractivity contribution < 1.29 is 64.4 Å². The smallest absolute Gasteiger partial charge is 0.748 e. The summed E-state index contributed by atoms with van der Waals surface area (Å²) in [6.07, 6.45) is 18.6. The van der Waals surface area contributed by atoms with Crippen molar-refractivity contribution in [2.75, 3.05) is 5.75 Å². The van der Waals surface area contributed by atoms with Gasteiger partial charge >= 0.3 is 51.4 Å². The molecule has 0 fully saturated rings. The normalized spacial score (nSPS) is 11.4. The minimum Gasteiger partial charge on any atom is -0.748 e. The second-order valence-electron chi connectivity index (χ2n) is 6.21. The number of hydrogen-bond donors (Lipinski definition) is 0. The van der Waals surface area contributed by atoms with Gasteiger partial charge in [0.05, 0.1) is 10.1 Å². The molecular formula is C17H35KO3S. The average molecular weight is 359 g/mol. The summed E-state index contributed by atoms with van der Waals surface area (Å²) < 4.78 is 31.2. The number of rotatable bonds is 16. The molecule has 3 nitrogen and oxygen atoms in total. The van der Waals surface area contributed by atoms with Crippen LogP contribution in [0, 0.1) is 0 Å². The Morgan fingerprint density at radius 3 is 1.14 bits per heavy atom. The van der Waals surface area contributed by atoms with Crippen molar-refractivity contribution in [3.63, 3.8) is 0 Å². The molecular weight excluding hydrogens is 323 g/mol. The van der Waals surface area contributed by atoms with Crippen molar-refractivity contribution >= 4 is 10.1 Å². The molecule has 0 aliphatic carbocycles. The second kappa shape index (κ2) is 18.9. The molecule has 0 heterocycles. The SMILES string of the molecule is CCCCCCCCCCCCCCCCCS(=O)(=O)[O-].[K+]. The summed E-state index contributed by atoms with van der Waals surface area (Å²) in [6.45, 7) is 2.26. The molecule has 0 atom stereocenters. The Bertz CT molecular complexity index is 305. The third kappa shape index (κ3) is 23.8. The molecule has 0 N–H and O–H groups in total. The molecule has 5 heteroatoms. The topological polar surface area (TPSA) is 57.2 Å². The summed E-state index contributed by atoms with van der Waals surface area (Å²) in [6, 6.07) is 0. The first-order chi connectivity index (χ1) is 10.1. The van der Waals surface area contributed by atoms with Crippen LogP contribution >= 0.6 is 0 Å². The standard InChI is InChI=1S/C17H36O3S.K/c1-2-3-4-5-6-7-8-9-10-11-12-13-14-15-16-17-21(18,19)20;/h2-17H2,1H3,(H,18,19,20);/q;+1/p-1. The second-order valence-corrected chi connectivity index (χ2v) is 7.74. The van der Waals surface area contributed by atoms with Crippen molar-refractivity contribution in [2.24, 2.45) is 0 Å². The van der Waals surface area contributed by atoms with E-state index < -0.39 is 10.1 Å². The summed E-state index contributed by atoms with van der Waals surface area (Å²) in [5.74, 6) is -0.189. The molecule has 22 heavy (non-hydrogen) atoms. The molecule has 0 radical (unpaired) electrons. The fraction of sp³-hybridized carbons (Fsp3) is 1.00. The Kier molecular flexibility index (Phi) is 22.1. The molecule has 0 aromatic rings. The first-order valence-corrected chi connectivity index (χ1v) is 10.6. The molecule has 0 spiro atoms. The van der Waals surface area contributed by atoms with E-state index in [2.05, 4.69) is 6.92 Å². The largest absolute Gasteiger partial charge is 1.00 e. The molecule has 0 saturated carbocycles. The summed E-state index contributed by atoms with van der Waals surface area (Å²) in [5, 5.41) is 0. The number of unbranched alkanes of at least 4 members (excludes halogenated alkanes) is 14. The summed E-state index contributed by atoms with van der Waals surface area (Å²) in [7, 11) is -3.99. The van der Waals surface area contributed by atoms with Gasteiger partial charge in [-0.2, -0.15) is 0 Å². The average Bonchev–Trinajstić information content (AvgIpc) is 2.42. The van der Waals surface area contributed by atoms with Gasteiger partial charge in [0.2, 0.25) is 0 Å². The van der Waals surface area contributed by atoms with Gasteiger partial charge in [-0.3, -0.25) is 0 Å². The minimum absolute atomic E-state index is 0. The molecule has 0 aromatic heterocycles. The van der Waals surface area contributed by atoms with E-state index in [9.17, 15) is 13.0 Å². The van der Waals surface area contributed by atoms with Crippen LogP contribution in [0.2, 0.25) is 0 Å². The Morgan fingerprint density at radius 1 is 0.591 bits per heavy atom. The van der Waals surface area contributed by atoms with E-state index in [1.54, 1.807) is 0 Å². The van der Waals surface area contributed by atoms with Crippen molar-refractivity contribution in [1.29, 1.82) is 0 Å². The molecule has 0 aromatic carbocycles. The molecule has 0 aliphatic rings. The van der Waals surface area contributed by atoms with Gasteiger partial charge in [-0.25, -0.2) is 8.42 Å². The van der Waals surface area contributed by atoms with E-state index in [1.165, 1.54) is 77.0 Å². The molecule has 0 rings (SSSR count). The van der Waals surface area contributed by atoms with E-state index in [0.717, 1.165) is 12.8 Å². The zero-order valence-corrected chi connectivity index (χ0v) is 18.9. The van der Waals surface area contributed by atoms with Crippen molar-refractivity contribution in [2.45, 2.75) is 103 Å². The van der Waals surface area contributed by atoms with Gasteiger partial charge < -0.3 is 4.55 Å². The van der Waals surface area contributed by atoms with E-state index in [-0.39, 0.29) is 57.1 Å². The van der Waals surface area contributed by atoms with Crippen molar-refractivity contribution in [1.82, 2.24) is 0 Å². The van der Waals surface area contributed by atoms with Crippen LogP contribution in [-0.4, -0.2) is 18.7 Å². The fourth-order valence-corrected chi connectivity index (χ4v) is 3.21. The zero-order valence-electron chi connectivity index (χ0n) is 14.9. The fourth-order valence-electron chi connectivity index (χ4n) is 2.65. The van der Waals surface area contributed by atoms with E-state index >= 15 is 0 Å². The third-order valence-electron chi connectivity index (χ3n) is 4.00. The monoisotopic (exact) mass is 358 g/mol. The predicted molar refractivity (Wildman–Crippen MR) is 89.5 cm³/mol. The van der Waals surface area contributed by atoms with Crippen molar-refractivity contribution in [3.8, 4) is 0 Å². The van der Waals surface area contributed by atoms with Gasteiger partial charge in [0.1, 0.15) is 0 Å². The first kappa shape index (κ1) is 25.8. The van der Waals surface area contributed by atoms with Crippen LogP contribution in [0.1, 0.15) is 103 Å². The van der Waals surface area contributed by atoms with Gasteiger partial charge in [-0.05, 0) is 6.42 Å². The summed E-state index contributed by atoms with van der Waals surface area (Å²) in [4.78, 5) is 0. The van der Waals surface area contributed by atoms with E-state index in [1.807, 2.05) is 0 Å². The quantitative estimate of drug-likeness (QED) is 0.242. The van der Waals surface area contributed by atoms with Crippen LogP contribution in [0.25, 0.3) is 0 Å². The van der Waals surface area contributed by atoms with Crippen LogP contribution < -0.4 is 51.4 Å². The number of hydrogen-bond acceptors (Lipinski definition) is 3. The third-order valence-corrected chi connectivity index (χ3v) is 4.79. The molecule has 0 unspecified atom stereocenters. The maximum atomic E-state index is 10.4. The maximum Gasteiger partial charge on any atom is 1.00 e. The van der Waals surface area contributed by atoms with Gasteiger partial charge in [0.25, 0.3) is 0 Å². The van der Waals surface area contributed by atoms with Crippen LogP contribution in [-0.2, 0) is 10.1 Å². The van der Waals surface area contributed by atoms with Crippen LogP contribution in [0.3, 0.4) is 0 Å². The molecule has 0 bridgehead atoms. The van der Waals surface area contributed by atoms with E-state index in [4.69, 9.17) is 0 Å². The van der Waals surface area contributed by atoms with E-state index in [0.29, 0.717) is 6.42 Å². The summed E-state index contributed by atoms with van der Waals surface area (Å²) >= 11 is 0. The van der Waals surface area contributed by atoms with Gasteiger partial charge in [-0.1, -0.05) is 96.8 Å². The van der Waals surface area contributed by atoms with Crippen LogP contribution in [0.5, 0.6) is 0 Å². The molecule has 0 saturated heterocycles. The van der Waals surface area contributed by atoms with Gasteiger partial charge in [0.15, 0.2) is 0 Å². The van der Waals surface area contributed by atoms with Gasteiger partial charge in [0, 0.05) is 5.75 Å². The molecule has 0 aliphatic heterocycles. The minimum atomic E-state index is -3.99. The molecule has 0 amide bonds. The summed E-state index contributed by atoms with van der Waals surface area (Å²) in [5.41, 5.74) is 0. The van der Waals surface area contributed by atoms with Crippen LogP contribution in [0.15, 0.2) is 0 Å². The molecule has 128 valence electrons. The zero-order chi connectivity index (χ0) is 15.8. The van der Waals surface area contributed by atoms with Crippen LogP contribution in [0.4, 0.5) is 0 Å². The predicted octanol–water partition coefficient (Wildman–Crippen LogP) is 2.41.